The summed E-state index contributed by atoms with van der Waals surface area (Å²) in [5.41, 5.74) is 0.283. The van der Waals surface area contributed by atoms with E-state index in [0.29, 0.717) is 11.6 Å². The first-order valence-electron chi connectivity index (χ1n) is 5.62. The molecular formula is C12H13ClN2O3. The van der Waals surface area contributed by atoms with Crippen LogP contribution >= 0.6 is 11.6 Å². The van der Waals surface area contributed by atoms with Crippen LogP contribution in [-0.2, 0) is 4.79 Å². The maximum atomic E-state index is 11.9. The fourth-order valence-corrected chi connectivity index (χ4v) is 2.09. The maximum absolute atomic E-state index is 11.9. The van der Waals surface area contributed by atoms with E-state index in [2.05, 4.69) is 10.6 Å². The van der Waals surface area contributed by atoms with Crippen LogP contribution in [0.3, 0.4) is 0 Å². The van der Waals surface area contributed by atoms with Crippen LogP contribution in [0.5, 0.6) is 0 Å². The summed E-state index contributed by atoms with van der Waals surface area (Å²) in [6.07, 6.45) is 0.766. The van der Waals surface area contributed by atoms with Gasteiger partial charge in [-0.05, 0) is 31.2 Å². The summed E-state index contributed by atoms with van der Waals surface area (Å²) in [6, 6.07) is 4.38. The highest BCUT2D eigenvalue weighted by Gasteiger charge is 2.23. The van der Waals surface area contributed by atoms with Crippen molar-refractivity contribution in [2.45, 2.75) is 6.42 Å². The van der Waals surface area contributed by atoms with Gasteiger partial charge in [0.05, 0.1) is 17.2 Å². The predicted molar refractivity (Wildman–Crippen MR) is 68.0 cm³/mol. The number of halogens is 1. The standard InChI is InChI=1S/C12H13ClN2O3/c13-8-1-2-10(9(5-8)12(17)18)15-11(16)7-3-4-14-6-7/h1-2,5,7,14H,3-4,6H2,(H,15,16)(H,17,18). The van der Waals surface area contributed by atoms with Gasteiger partial charge in [-0.3, -0.25) is 4.79 Å². The Hall–Kier alpha value is -1.59. The van der Waals surface area contributed by atoms with Gasteiger partial charge in [-0.2, -0.15) is 0 Å². The molecule has 2 rings (SSSR count). The lowest BCUT2D eigenvalue weighted by atomic mass is 10.1. The van der Waals surface area contributed by atoms with Crippen LogP contribution in [0.1, 0.15) is 16.8 Å². The van der Waals surface area contributed by atoms with Crippen molar-refractivity contribution in [3.63, 3.8) is 0 Å². The zero-order chi connectivity index (χ0) is 13.1. The number of carbonyl (C=O) groups is 2. The fourth-order valence-electron chi connectivity index (χ4n) is 1.92. The van der Waals surface area contributed by atoms with E-state index in [-0.39, 0.29) is 23.1 Å². The molecule has 1 aromatic rings. The summed E-state index contributed by atoms with van der Waals surface area (Å²) >= 11 is 5.74. The monoisotopic (exact) mass is 268 g/mol. The second-order valence-corrected chi connectivity index (χ2v) is 4.61. The van der Waals surface area contributed by atoms with Gasteiger partial charge in [-0.15, -0.1) is 0 Å². The lowest BCUT2D eigenvalue weighted by molar-refractivity contribution is -0.119. The Morgan fingerprint density at radius 3 is 2.83 bits per heavy atom. The Morgan fingerprint density at radius 1 is 1.44 bits per heavy atom. The van der Waals surface area contributed by atoms with Crippen LogP contribution in [0, 0.1) is 5.92 Å². The Kier molecular flexibility index (Phi) is 3.84. The predicted octanol–water partition coefficient (Wildman–Crippen LogP) is 1.59. The average Bonchev–Trinajstić information content (AvgIpc) is 2.84. The number of aromatic carboxylic acids is 1. The number of benzene rings is 1. The molecule has 0 radical (unpaired) electrons. The highest BCUT2D eigenvalue weighted by atomic mass is 35.5. The number of hydrogen-bond acceptors (Lipinski definition) is 3. The largest absolute Gasteiger partial charge is 0.478 e. The zero-order valence-electron chi connectivity index (χ0n) is 9.57. The van der Waals surface area contributed by atoms with Gasteiger partial charge in [-0.25, -0.2) is 4.79 Å². The molecule has 1 aliphatic heterocycles. The minimum absolute atomic E-state index is 0.00167. The Balaban J connectivity index is 2.17. The third-order valence-corrected chi connectivity index (χ3v) is 3.14. The van der Waals surface area contributed by atoms with Gasteiger partial charge in [-0.1, -0.05) is 11.6 Å². The summed E-state index contributed by atoms with van der Waals surface area (Å²) in [7, 11) is 0. The van der Waals surface area contributed by atoms with Crippen molar-refractivity contribution < 1.29 is 14.7 Å². The molecule has 0 aliphatic carbocycles. The van der Waals surface area contributed by atoms with Crippen LogP contribution in [-0.4, -0.2) is 30.1 Å². The number of hydrogen-bond donors (Lipinski definition) is 3. The van der Waals surface area contributed by atoms with E-state index >= 15 is 0 Å². The van der Waals surface area contributed by atoms with Crippen molar-refractivity contribution >= 4 is 29.2 Å². The molecule has 1 unspecified atom stereocenters. The van der Waals surface area contributed by atoms with Crippen LogP contribution in [0.25, 0.3) is 0 Å². The summed E-state index contributed by atoms with van der Waals surface area (Å²) in [5, 5.41) is 15.1. The molecule has 96 valence electrons. The van der Waals surface area contributed by atoms with E-state index in [1.54, 1.807) is 6.07 Å². The van der Waals surface area contributed by atoms with Crippen molar-refractivity contribution in [3.8, 4) is 0 Å². The van der Waals surface area contributed by atoms with Gasteiger partial charge < -0.3 is 15.7 Å². The summed E-state index contributed by atoms with van der Waals surface area (Å²) in [6.45, 7) is 1.44. The fraction of sp³-hybridized carbons (Fsp3) is 0.333. The minimum Gasteiger partial charge on any atom is -0.478 e. The molecule has 0 aromatic heterocycles. The van der Waals surface area contributed by atoms with Crippen molar-refractivity contribution in [3.05, 3.63) is 28.8 Å². The molecule has 0 spiro atoms. The van der Waals surface area contributed by atoms with Gasteiger partial charge in [0.1, 0.15) is 0 Å². The van der Waals surface area contributed by atoms with Crippen LogP contribution < -0.4 is 10.6 Å². The number of amides is 1. The second kappa shape index (κ2) is 5.37. The molecule has 1 heterocycles. The van der Waals surface area contributed by atoms with Gasteiger partial charge in [0.2, 0.25) is 5.91 Å². The maximum Gasteiger partial charge on any atom is 0.337 e. The number of rotatable bonds is 3. The molecule has 0 saturated carbocycles. The molecule has 18 heavy (non-hydrogen) atoms. The Bertz CT molecular complexity index is 484. The molecule has 5 nitrogen and oxygen atoms in total. The molecule has 1 atom stereocenters. The first kappa shape index (κ1) is 12.9. The molecule has 1 aliphatic rings. The molecule has 1 fully saturated rings. The molecule has 0 bridgehead atoms. The third kappa shape index (κ3) is 2.80. The van der Waals surface area contributed by atoms with E-state index in [1.807, 2.05) is 0 Å². The normalized spacial score (nSPS) is 18.6. The smallest absolute Gasteiger partial charge is 0.337 e. The first-order valence-corrected chi connectivity index (χ1v) is 6.00. The van der Waals surface area contributed by atoms with E-state index in [0.717, 1.165) is 13.0 Å². The van der Waals surface area contributed by atoms with E-state index < -0.39 is 5.97 Å². The molecule has 1 aromatic carbocycles. The lowest BCUT2D eigenvalue weighted by Crippen LogP contribution is -2.25. The van der Waals surface area contributed by atoms with E-state index in [1.165, 1.54) is 12.1 Å². The highest BCUT2D eigenvalue weighted by Crippen LogP contribution is 2.22. The minimum atomic E-state index is -1.11. The Labute approximate surface area is 109 Å². The lowest BCUT2D eigenvalue weighted by Gasteiger charge is -2.12. The van der Waals surface area contributed by atoms with Crippen LogP contribution in [0.15, 0.2) is 18.2 Å². The van der Waals surface area contributed by atoms with E-state index in [9.17, 15) is 9.59 Å². The summed E-state index contributed by atoms with van der Waals surface area (Å²) in [5.74, 6) is -1.38. The summed E-state index contributed by atoms with van der Waals surface area (Å²) < 4.78 is 0. The number of carboxylic acid groups (broad SMARTS) is 1. The molecular weight excluding hydrogens is 256 g/mol. The van der Waals surface area contributed by atoms with E-state index in [4.69, 9.17) is 16.7 Å². The third-order valence-electron chi connectivity index (χ3n) is 2.90. The van der Waals surface area contributed by atoms with Gasteiger partial charge >= 0.3 is 5.97 Å². The Morgan fingerprint density at radius 2 is 2.22 bits per heavy atom. The van der Waals surface area contributed by atoms with Crippen molar-refractivity contribution in [1.29, 1.82) is 0 Å². The second-order valence-electron chi connectivity index (χ2n) is 4.17. The SMILES string of the molecule is O=C(O)c1cc(Cl)ccc1NC(=O)C1CCNC1. The number of carboxylic acids is 1. The van der Waals surface area contributed by atoms with Crippen molar-refractivity contribution in [1.82, 2.24) is 5.32 Å². The molecule has 1 amide bonds. The number of carbonyl (C=O) groups excluding carboxylic acids is 1. The van der Waals surface area contributed by atoms with Gasteiger partial charge in [0.25, 0.3) is 0 Å². The highest BCUT2D eigenvalue weighted by molar-refractivity contribution is 6.31. The molecule has 3 N–H and O–H groups in total. The number of nitrogens with one attached hydrogen (secondary N) is 2. The molecule has 1 saturated heterocycles. The topological polar surface area (TPSA) is 78.4 Å². The van der Waals surface area contributed by atoms with Gasteiger partial charge in [0.15, 0.2) is 0 Å². The quantitative estimate of drug-likeness (QED) is 0.778. The first-order chi connectivity index (χ1) is 8.58. The average molecular weight is 269 g/mol. The number of anilines is 1. The van der Waals surface area contributed by atoms with Crippen molar-refractivity contribution in [2.24, 2.45) is 5.92 Å². The summed E-state index contributed by atoms with van der Waals surface area (Å²) in [4.78, 5) is 23.0. The van der Waals surface area contributed by atoms with Crippen molar-refractivity contribution in [2.75, 3.05) is 18.4 Å². The van der Waals surface area contributed by atoms with Gasteiger partial charge in [0, 0.05) is 11.6 Å². The van der Waals surface area contributed by atoms with Crippen LogP contribution in [0.2, 0.25) is 5.02 Å². The van der Waals surface area contributed by atoms with Crippen LogP contribution in [0.4, 0.5) is 5.69 Å². The molecule has 6 heteroatoms. The zero-order valence-corrected chi connectivity index (χ0v) is 10.3.